The minimum atomic E-state index is 0.710. The lowest BCUT2D eigenvalue weighted by atomic mass is 10.0. The molecule has 0 amide bonds. The van der Waals surface area contributed by atoms with Gasteiger partial charge in [-0.1, -0.05) is 6.92 Å². The van der Waals surface area contributed by atoms with Gasteiger partial charge in [-0.15, -0.1) is 5.10 Å². The zero-order valence-electron chi connectivity index (χ0n) is 14.6. The number of aromatic nitrogens is 5. The summed E-state index contributed by atoms with van der Waals surface area (Å²) in [6.07, 6.45) is 7.87. The van der Waals surface area contributed by atoms with Crippen LogP contribution in [0.5, 0.6) is 0 Å². The van der Waals surface area contributed by atoms with E-state index in [9.17, 15) is 0 Å². The molecule has 1 unspecified atom stereocenters. The van der Waals surface area contributed by atoms with Crippen LogP contribution in [0.1, 0.15) is 19.8 Å². The van der Waals surface area contributed by atoms with Gasteiger partial charge in [0.2, 0.25) is 11.9 Å². The normalized spacial score (nSPS) is 21.5. The van der Waals surface area contributed by atoms with Crippen LogP contribution >= 0.6 is 0 Å². The Morgan fingerprint density at radius 3 is 2.36 bits per heavy atom. The number of nitrogens with zero attached hydrogens (tertiary/aromatic N) is 8. The summed E-state index contributed by atoms with van der Waals surface area (Å²) in [7, 11) is 0. The second-order valence-electron chi connectivity index (χ2n) is 6.83. The highest BCUT2D eigenvalue weighted by molar-refractivity contribution is 5.43. The zero-order chi connectivity index (χ0) is 17.1. The number of hydrogen-bond acceptors (Lipinski definition) is 8. The van der Waals surface area contributed by atoms with Crippen LogP contribution in [0.2, 0.25) is 0 Å². The lowest BCUT2D eigenvalue weighted by Crippen LogP contribution is -2.48. The molecule has 0 aromatic carbocycles. The molecule has 2 aromatic heterocycles. The fraction of sp³-hybridized carbons (Fsp3) is 0.588. The van der Waals surface area contributed by atoms with Crippen LogP contribution in [0, 0.1) is 5.92 Å². The molecule has 1 atom stereocenters. The predicted octanol–water partition coefficient (Wildman–Crippen LogP) is 1.22. The minimum absolute atomic E-state index is 0.710. The van der Waals surface area contributed by atoms with Crippen molar-refractivity contribution in [3.63, 3.8) is 0 Å². The second kappa shape index (κ2) is 7.16. The topological polar surface area (TPSA) is 74.2 Å². The summed E-state index contributed by atoms with van der Waals surface area (Å²) >= 11 is 0. The number of rotatable bonds is 3. The molecule has 2 aliphatic rings. The molecule has 2 aromatic rings. The van der Waals surface area contributed by atoms with E-state index < -0.39 is 0 Å². The highest BCUT2D eigenvalue weighted by atomic mass is 15.4. The van der Waals surface area contributed by atoms with Crippen LogP contribution in [0.3, 0.4) is 0 Å². The second-order valence-corrected chi connectivity index (χ2v) is 6.83. The molecule has 4 heterocycles. The van der Waals surface area contributed by atoms with Gasteiger partial charge in [-0.25, -0.2) is 9.97 Å². The van der Waals surface area contributed by atoms with E-state index in [4.69, 9.17) is 4.98 Å². The van der Waals surface area contributed by atoms with Crippen LogP contribution < -0.4 is 14.7 Å². The van der Waals surface area contributed by atoms with Crippen molar-refractivity contribution in [3.8, 4) is 0 Å². The van der Waals surface area contributed by atoms with Crippen molar-refractivity contribution in [1.29, 1.82) is 0 Å². The molecular formula is C17H24N8. The fourth-order valence-corrected chi connectivity index (χ4v) is 3.53. The SMILES string of the molecule is CC1CCCN(c2cnnc(N3CCN(c4ncccn4)CC3)n2)C1. The molecule has 4 rings (SSSR count). The van der Waals surface area contributed by atoms with E-state index in [0.29, 0.717) is 5.92 Å². The maximum atomic E-state index is 4.78. The van der Waals surface area contributed by atoms with Crippen LogP contribution in [0.4, 0.5) is 17.7 Å². The molecule has 0 aliphatic carbocycles. The molecule has 8 nitrogen and oxygen atoms in total. The largest absolute Gasteiger partial charge is 0.355 e. The monoisotopic (exact) mass is 340 g/mol. The van der Waals surface area contributed by atoms with Crippen LogP contribution in [0.15, 0.2) is 24.7 Å². The van der Waals surface area contributed by atoms with Crippen molar-refractivity contribution in [2.45, 2.75) is 19.8 Å². The first-order valence-corrected chi connectivity index (χ1v) is 9.01. The third-order valence-electron chi connectivity index (χ3n) is 4.91. The van der Waals surface area contributed by atoms with Gasteiger partial charge < -0.3 is 14.7 Å². The van der Waals surface area contributed by atoms with Gasteiger partial charge in [0.15, 0.2) is 5.82 Å². The van der Waals surface area contributed by atoms with Crippen molar-refractivity contribution in [2.24, 2.45) is 5.92 Å². The molecule has 25 heavy (non-hydrogen) atoms. The average Bonchev–Trinajstić information content (AvgIpc) is 2.69. The van der Waals surface area contributed by atoms with Crippen LogP contribution in [0.25, 0.3) is 0 Å². The van der Waals surface area contributed by atoms with Crippen molar-refractivity contribution in [3.05, 3.63) is 24.7 Å². The molecule has 0 bridgehead atoms. The standard InChI is InChI=1S/C17H24N8/c1-14-4-2-7-25(13-14)15-12-20-22-17(21-15)24-10-8-23(9-11-24)16-18-5-3-6-19-16/h3,5-6,12,14H,2,4,7-11,13H2,1H3. The summed E-state index contributed by atoms with van der Waals surface area (Å²) in [5.41, 5.74) is 0. The van der Waals surface area contributed by atoms with Crippen molar-refractivity contribution in [1.82, 2.24) is 25.1 Å². The summed E-state index contributed by atoms with van der Waals surface area (Å²) in [6.45, 7) is 7.82. The molecule has 0 N–H and O–H groups in total. The molecule has 2 fully saturated rings. The average molecular weight is 340 g/mol. The van der Waals surface area contributed by atoms with Gasteiger partial charge in [-0.05, 0) is 24.8 Å². The fourth-order valence-electron chi connectivity index (χ4n) is 3.53. The van der Waals surface area contributed by atoms with Gasteiger partial charge in [0, 0.05) is 51.7 Å². The molecule has 0 spiro atoms. The number of hydrogen-bond donors (Lipinski definition) is 0. The summed E-state index contributed by atoms with van der Waals surface area (Å²) in [5.74, 6) is 3.17. The number of piperidine rings is 1. The lowest BCUT2D eigenvalue weighted by Gasteiger charge is -2.35. The smallest absolute Gasteiger partial charge is 0.247 e. The molecule has 132 valence electrons. The van der Waals surface area contributed by atoms with E-state index in [1.165, 1.54) is 12.8 Å². The maximum absolute atomic E-state index is 4.78. The maximum Gasteiger partial charge on any atom is 0.247 e. The van der Waals surface area contributed by atoms with Gasteiger partial charge in [0.1, 0.15) is 0 Å². The van der Waals surface area contributed by atoms with E-state index in [1.54, 1.807) is 18.6 Å². The molecular weight excluding hydrogens is 316 g/mol. The Balaban J connectivity index is 1.42. The van der Waals surface area contributed by atoms with Crippen LogP contribution in [-0.2, 0) is 0 Å². The van der Waals surface area contributed by atoms with E-state index in [1.807, 2.05) is 6.07 Å². The number of anilines is 3. The first kappa shape index (κ1) is 16.0. The number of piperazine rings is 1. The third-order valence-corrected chi connectivity index (χ3v) is 4.91. The van der Waals surface area contributed by atoms with Crippen molar-refractivity contribution >= 4 is 17.7 Å². The predicted molar refractivity (Wildman–Crippen MR) is 96.9 cm³/mol. The van der Waals surface area contributed by atoms with Gasteiger partial charge in [-0.2, -0.15) is 10.1 Å². The van der Waals surface area contributed by atoms with Crippen LogP contribution in [-0.4, -0.2) is 64.4 Å². The Morgan fingerprint density at radius 2 is 1.64 bits per heavy atom. The Labute approximate surface area is 147 Å². The zero-order valence-corrected chi connectivity index (χ0v) is 14.6. The Bertz CT molecular complexity index is 686. The van der Waals surface area contributed by atoms with Gasteiger partial charge in [0.05, 0.1) is 6.20 Å². The van der Waals surface area contributed by atoms with E-state index >= 15 is 0 Å². The van der Waals surface area contributed by atoms with Gasteiger partial charge in [-0.3, -0.25) is 0 Å². The molecule has 2 saturated heterocycles. The highest BCUT2D eigenvalue weighted by Gasteiger charge is 2.23. The van der Waals surface area contributed by atoms with Crippen molar-refractivity contribution < 1.29 is 0 Å². The lowest BCUT2D eigenvalue weighted by molar-refractivity contribution is 0.444. The van der Waals surface area contributed by atoms with E-state index in [0.717, 1.165) is 57.0 Å². The third kappa shape index (κ3) is 3.62. The first-order chi connectivity index (χ1) is 12.3. The highest BCUT2D eigenvalue weighted by Crippen LogP contribution is 2.22. The Hall–Kier alpha value is -2.51. The molecule has 2 aliphatic heterocycles. The van der Waals surface area contributed by atoms with E-state index in [-0.39, 0.29) is 0 Å². The van der Waals surface area contributed by atoms with Gasteiger partial charge in [0.25, 0.3) is 0 Å². The first-order valence-electron chi connectivity index (χ1n) is 9.01. The summed E-state index contributed by atoms with van der Waals surface area (Å²) in [6, 6.07) is 1.84. The van der Waals surface area contributed by atoms with Crippen molar-refractivity contribution in [2.75, 3.05) is 54.0 Å². The van der Waals surface area contributed by atoms with E-state index in [2.05, 4.69) is 41.8 Å². The Kier molecular flexibility index (Phi) is 4.58. The minimum Gasteiger partial charge on any atom is -0.355 e. The van der Waals surface area contributed by atoms with Gasteiger partial charge >= 0.3 is 0 Å². The molecule has 0 radical (unpaired) electrons. The summed E-state index contributed by atoms with van der Waals surface area (Å²) in [4.78, 5) is 20.2. The summed E-state index contributed by atoms with van der Waals surface area (Å²) < 4.78 is 0. The molecule has 8 heteroatoms. The summed E-state index contributed by atoms with van der Waals surface area (Å²) in [5, 5.41) is 8.47. The Morgan fingerprint density at radius 1 is 0.920 bits per heavy atom. The molecule has 0 saturated carbocycles. The quantitative estimate of drug-likeness (QED) is 0.826.